The van der Waals surface area contributed by atoms with Gasteiger partial charge in [0.25, 0.3) is 5.56 Å². The number of sulfone groups is 1. The summed E-state index contributed by atoms with van der Waals surface area (Å²) in [4.78, 5) is 26.9. The van der Waals surface area contributed by atoms with Crippen LogP contribution in [0, 0.1) is 5.92 Å². The number of Topliss-reactive ketones (excluding diaryl/α,β-unsaturated/α-hetero) is 1. The van der Waals surface area contributed by atoms with E-state index in [1.807, 2.05) is 19.1 Å². The van der Waals surface area contributed by atoms with Crippen molar-refractivity contribution in [2.75, 3.05) is 6.26 Å². The van der Waals surface area contributed by atoms with E-state index in [0.29, 0.717) is 36.1 Å². The van der Waals surface area contributed by atoms with Crippen molar-refractivity contribution in [1.29, 1.82) is 0 Å². The fraction of sp³-hybridized carbons (Fsp3) is 0.333. The Morgan fingerprint density at radius 3 is 2.54 bits per heavy atom. The molecule has 7 heteroatoms. The van der Waals surface area contributed by atoms with E-state index in [1.54, 1.807) is 18.2 Å². The van der Waals surface area contributed by atoms with Gasteiger partial charge in [0, 0.05) is 35.9 Å². The summed E-state index contributed by atoms with van der Waals surface area (Å²) in [6.07, 6.45) is 5.49. The molecule has 28 heavy (non-hydrogen) atoms. The number of nitrogens with one attached hydrogen (secondary N) is 1. The predicted octanol–water partition coefficient (Wildman–Crippen LogP) is 3.80. The number of aromatic amines is 1. The Labute approximate surface area is 169 Å². The first-order chi connectivity index (χ1) is 13.2. The molecule has 1 saturated carbocycles. The predicted molar refractivity (Wildman–Crippen MR) is 110 cm³/mol. The van der Waals surface area contributed by atoms with Gasteiger partial charge >= 0.3 is 0 Å². The van der Waals surface area contributed by atoms with Crippen LogP contribution >= 0.6 is 11.6 Å². The number of halogens is 1. The summed E-state index contributed by atoms with van der Waals surface area (Å²) in [5, 5.41) is 0.126. The molecule has 1 aromatic carbocycles. The Balaban J connectivity index is 2.13. The van der Waals surface area contributed by atoms with Crippen LogP contribution in [0.15, 0.2) is 46.1 Å². The van der Waals surface area contributed by atoms with Gasteiger partial charge in [-0.2, -0.15) is 0 Å². The second kappa shape index (κ2) is 8.05. The number of allylic oxidation sites excluding steroid dienone is 1. The lowest BCUT2D eigenvalue weighted by Crippen LogP contribution is -2.13. The molecule has 3 rings (SSSR count). The van der Waals surface area contributed by atoms with E-state index < -0.39 is 9.84 Å². The van der Waals surface area contributed by atoms with Crippen molar-refractivity contribution in [1.82, 2.24) is 4.98 Å². The van der Waals surface area contributed by atoms with Crippen molar-refractivity contribution >= 4 is 32.8 Å². The summed E-state index contributed by atoms with van der Waals surface area (Å²) in [5.41, 5.74) is 2.57. The zero-order valence-electron chi connectivity index (χ0n) is 15.8. The van der Waals surface area contributed by atoms with Gasteiger partial charge in [-0.15, -0.1) is 0 Å². The van der Waals surface area contributed by atoms with Crippen molar-refractivity contribution in [3.05, 3.63) is 68.6 Å². The quantitative estimate of drug-likeness (QED) is 0.798. The van der Waals surface area contributed by atoms with Gasteiger partial charge in [0.1, 0.15) is 5.78 Å². The highest BCUT2D eigenvalue weighted by Gasteiger charge is 2.22. The summed E-state index contributed by atoms with van der Waals surface area (Å²) in [6.45, 7) is 1.91. The zero-order valence-corrected chi connectivity index (χ0v) is 17.4. The summed E-state index contributed by atoms with van der Waals surface area (Å²) in [6, 6.07) is 8.36. The van der Waals surface area contributed by atoms with E-state index >= 15 is 0 Å². The molecular weight excluding hydrogens is 398 g/mol. The molecule has 1 fully saturated rings. The third-order valence-electron chi connectivity index (χ3n) is 4.99. The molecule has 0 aliphatic heterocycles. The van der Waals surface area contributed by atoms with Gasteiger partial charge < -0.3 is 4.98 Å². The summed E-state index contributed by atoms with van der Waals surface area (Å²) >= 11 is 6.23. The molecule has 0 amide bonds. The molecule has 0 spiro atoms. The molecule has 0 saturated heterocycles. The second-order valence-corrected chi connectivity index (χ2v) is 9.51. The number of benzene rings is 1. The maximum Gasteiger partial charge on any atom is 0.251 e. The van der Waals surface area contributed by atoms with E-state index in [-0.39, 0.29) is 27.2 Å². The lowest BCUT2D eigenvalue weighted by atomic mass is 9.95. The lowest BCUT2D eigenvalue weighted by Gasteiger charge is -2.13. The van der Waals surface area contributed by atoms with Gasteiger partial charge in [-0.05, 0) is 42.5 Å². The minimum atomic E-state index is -3.44. The van der Waals surface area contributed by atoms with Crippen LogP contribution in [0.5, 0.6) is 0 Å². The van der Waals surface area contributed by atoms with Crippen LogP contribution in [0.2, 0.25) is 5.02 Å². The topological polar surface area (TPSA) is 84.1 Å². The zero-order chi connectivity index (χ0) is 20.5. The molecule has 0 unspecified atom stereocenters. The summed E-state index contributed by atoms with van der Waals surface area (Å²) in [7, 11) is -3.44. The highest BCUT2D eigenvalue weighted by molar-refractivity contribution is 7.90. The van der Waals surface area contributed by atoms with Crippen molar-refractivity contribution in [3.8, 4) is 0 Å². The smallest absolute Gasteiger partial charge is 0.251 e. The molecule has 148 valence electrons. The van der Waals surface area contributed by atoms with E-state index in [1.165, 1.54) is 6.07 Å². The number of pyridine rings is 1. The summed E-state index contributed by atoms with van der Waals surface area (Å²) < 4.78 is 23.7. The van der Waals surface area contributed by atoms with Crippen LogP contribution < -0.4 is 5.56 Å². The third-order valence-corrected chi connectivity index (χ3v) is 6.57. The lowest BCUT2D eigenvalue weighted by molar-refractivity contribution is -0.117. The minimum Gasteiger partial charge on any atom is -0.322 e. The van der Waals surface area contributed by atoms with Crippen LogP contribution in [0.3, 0.4) is 0 Å². The number of ketones is 1. The average Bonchev–Trinajstić information content (AvgIpc) is 3.03. The molecule has 0 radical (unpaired) electrons. The number of carbonyl (C=O) groups excluding carboxylic acids is 1. The summed E-state index contributed by atoms with van der Waals surface area (Å²) in [5.74, 6) is 0.297. The van der Waals surface area contributed by atoms with Crippen LogP contribution in [-0.4, -0.2) is 25.4 Å². The van der Waals surface area contributed by atoms with Crippen LogP contribution in [0.1, 0.15) is 43.0 Å². The number of rotatable bonds is 5. The number of aryl methyl sites for hydroxylation is 1. The molecule has 2 aromatic rings. The first-order valence-corrected chi connectivity index (χ1v) is 11.4. The average molecular weight is 420 g/mol. The van der Waals surface area contributed by atoms with E-state index in [0.717, 1.165) is 18.2 Å². The maximum absolute atomic E-state index is 12.3. The Morgan fingerprint density at radius 2 is 2.00 bits per heavy atom. The van der Waals surface area contributed by atoms with Gasteiger partial charge in [0.05, 0.1) is 9.92 Å². The van der Waals surface area contributed by atoms with Gasteiger partial charge in [0.15, 0.2) is 9.84 Å². The van der Waals surface area contributed by atoms with Gasteiger partial charge in [-0.3, -0.25) is 9.59 Å². The highest BCUT2D eigenvalue weighted by atomic mass is 35.5. The van der Waals surface area contributed by atoms with Crippen molar-refractivity contribution in [3.63, 3.8) is 0 Å². The fourth-order valence-electron chi connectivity index (χ4n) is 3.47. The molecule has 1 N–H and O–H groups in total. The van der Waals surface area contributed by atoms with E-state index in [4.69, 9.17) is 11.6 Å². The molecule has 1 aliphatic rings. The van der Waals surface area contributed by atoms with Gasteiger partial charge in [-0.25, -0.2) is 8.42 Å². The molecule has 1 heterocycles. The van der Waals surface area contributed by atoms with Crippen molar-refractivity contribution in [2.24, 2.45) is 5.92 Å². The Kier molecular flexibility index (Phi) is 5.91. The SMILES string of the molecule is CCc1ccc(/C(=C/[C@H]2CCC(=O)C2)c2ccc(S(C)(=O)=O)c(Cl)c2)[nH]c1=O. The molecule has 0 bridgehead atoms. The van der Waals surface area contributed by atoms with Gasteiger partial charge in [0.2, 0.25) is 0 Å². The van der Waals surface area contributed by atoms with Crippen molar-refractivity contribution < 1.29 is 13.2 Å². The molecule has 1 aliphatic carbocycles. The Bertz CT molecular complexity index is 1120. The largest absolute Gasteiger partial charge is 0.322 e. The van der Waals surface area contributed by atoms with Crippen molar-refractivity contribution in [2.45, 2.75) is 37.5 Å². The number of hydrogen-bond donors (Lipinski definition) is 1. The first-order valence-electron chi connectivity index (χ1n) is 9.15. The monoisotopic (exact) mass is 419 g/mol. The van der Waals surface area contributed by atoms with E-state index in [9.17, 15) is 18.0 Å². The van der Waals surface area contributed by atoms with Crippen LogP contribution in [0.4, 0.5) is 0 Å². The Morgan fingerprint density at radius 1 is 1.25 bits per heavy atom. The third kappa shape index (κ3) is 4.45. The molecule has 1 atom stereocenters. The fourth-order valence-corrected chi connectivity index (χ4v) is 4.80. The standard InChI is InChI=1S/C21H22ClNO4S/c1-3-14-5-8-19(23-21(14)25)17(11-13-4-7-16(24)10-13)15-6-9-20(18(22)12-15)28(2,26)27/h5-6,8-9,11-13H,3-4,7,10H2,1-2H3,(H,23,25)/b17-11+/t13-/m0/s1. The second-order valence-electron chi connectivity index (χ2n) is 7.12. The number of aromatic nitrogens is 1. The molecule has 1 aromatic heterocycles. The molecule has 5 nitrogen and oxygen atoms in total. The van der Waals surface area contributed by atoms with Crippen LogP contribution in [0.25, 0.3) is 5.57 Å². The first kappa shape index (κ1) is 20.6. The Hall–Kier alpha value is -2.18. The van der Waals surface area contributed by atoms with Crippen LogP contribution in [-0.2, 0) is 21.1 Å². The number of hydrogen-bond acceptors (Lipinski definition) is 4. The highest BCUT2D eigenvalue weighted by Crippen LogP contribution is 2.32. The minimum absolute atomic E-state index is 0.0585. The van der Waals surface area contributed by atoms with E-state index in [2.05, 4.69) is 4.98 Å². The molecular formula is C21H22ClNO4S. The number of carbonyl (C=O) groups is 1. The van der Waals surface area contributed by atoms with Gasteiger partial charge in [-0.1, -0.05) is 36.7 Å². The number of H-pyrrole nitrogens is 1. The maximum atomic E-state index is 12.3. The normalized spacial score (nSPS) is 17.9.